The maximum Gasteiger partial charge on any atom is 0.417 e. The molecule has 0 saturated heterocycles. The Bertz CT molecular complexity index is 782. The zero-order valence-corrected chi connectivity index (χ0v) is 12.8. The largest absolute Gasteiger partial charge is 0.507 e. The van der Waals surface area contributed by atoms with Crippen LogP contribution < -0.4 is 10.1 Å². The molecule has 0 radical (unpaired) electrons. The van der Waals surface area contributed by atoms with Crippen LogP contribution in [0.4, 0.5) is 10.5 Å². The van der Waals surface area contributed by atoms with Gasteiger partial charge in [-0.25, -0.2) is 9.59 Å². The molecular weight excluding hydrogens is 314 g/mol. The third kappa shape index (κ3) is 3.89. The maximum atomic E-state index is 11.9. The van der Waals surface area contributed by atoms with Gasteiger partial charge in [-0.2, -0.15) is 0 Å². The standard InChI is InChI=1S/C17H15NO6/c1-2-13(19)10-6-8-11(9-7-10)24-17(23)18-12-4-3-5-14(20)15(12)16(21)22/h3-9,20H,2H2,1H3,(H,18,23)(H,21,22). The number of Topliss-reactive ketones (excluding diaryl/α,β-unsaturated/α-hetero) is 1. The number of hydrogen-bond donors (Lipinski definition) is 3. The summed E-state index contributed by atoms with van der Waals surface area (Å²) in [6.07, 6.45) is -0.548. The van der Waals surface area contributed by atoms with Crippen molar-refractivity contribution in [3.8, 4) is 11.5 Å². The van der Waals surface area contributed by atoms with Gasteiger partial charge in [0.25, 0.3) is 0 Å². The Labute approximate surface area is 137 Å². The summed E-state index contributed by atoms with van der Waals surface area (Å²) >= 11 is 0. The number of benzene rings is 2. The minimum absolute atomic E-state index is 0.0307. The molecule has 0 aliphatic carbocycles. The number of amides is 1. The van der Waals surface area contributed by atoms with Crippen molar-refractivity contribution in [3.63, 3.8) is 0 Å². The average Bonchev–Trinajstić information content (AvgIpc) is 2.54. The second-order valence-electron chi connectivity index (χ2n) is 4.82. The lowest BCUT2D eigenvalue weighted by atomic mass is 10.1. The number of anilines is 1. The Morgan fingerprint density at radius 1 is 1.08 bits per heavy atom. The van der Waals surface area contributed by atoms with E-state index < -0.39 is 23.4 Å². The molecule has 3 N–H and O–H groups in total. The fourth-order valence-corrected chi connectivity index (χ4v) is 2.02. The number of carbonyl (C=O) groups is 3. The maximum absolute atomic E-state index is 11.9. The van der Waals surface area contributed by atoms with Crippen LogP contribution in [0, 0.1) is 0 Å². The number of hydrogen-bond acceptors (Lipinski definition) is 5. The van der Waals surface area contributed by atoms with Gasteiger partial charge >= 0.3 is 12.1 Å². The number of carboxylic acids is 1. The van der Waals surface area contributed by atoms with Gasteiger partial charge in [0.1, 0.15) is 17.1 Å². The van der Waals surface area contributed by atoms with E-state index in [1.54, 1.807) is 6.92 Å². The van der Waals surface area contributed by atoms with Gasteiger partial charge in [0.05, 0.1) is 5.69 Å². The summed E-state index contributed by atoms with van der Waals surface area (Å²) < 4.78 is 5.03. The van der Waals surface area contributed by atoms with E-state index in [2.05, 4.69) is 5.32 Å². The number of nitrogens with one attached hydrogen (secondary N) is 1. The first-order valence-electron chi connectivity index (χ1n) is 7.09. The Kier molecular flexibility index (Phi) is 5.16. The van der Waals surface area contributed by atoms with E-state index in [0.29, 0.717) is 12.0 Å². The summed E-state index contributed by atoms with van der Waals surface area (Å²) in [5.74, 6) is -1.69. The molecule has 0 aliphatic heterocycles. The van der Waals surface area contributed by atoms with Gasteiger partial charge in [0.2, 0.25) is 0 Å². The third-order valence-corrected chi connectivity index (χ3v) is 3.20. The second-order valence-corrected chi connectivity index (χ2v) is 4.82. The van der Waals surface area contributed by atoms with Crippen LogP contribution in [-0.2, 0) is 0 Å². The fraction of sp³-hybridized carbons (Fsp3) is 0.118. The van der Waals surface area contributed by atoms with Crippen LogP contribution in [0.1, 0.15) is 34.1 Å². The molecule has 0 heterocycles. The van der Waals surface area contributed by atoms with Crippen molar-refractivity contribution in [1.82, 2.24) is 0 Å². The highest BCUT2D eigenvalue weighted by Crippen LogP contribution is 2.25. The normalized spacial score (nSPS) is 10.0. The number of phenols is 1. The van der Waals surface area contributed by atoms with Gasteiger partial charge in [0.15, 0.2) is 5.78 Å². The van der Waals surface area contributed by atoms with Gasteiger partial charge in [-0.05, 0) is 36.4 Å². The lowest BCUT2D eigenvalue weighted by Gasteiger charge is -2.10. The fourth-order valence-electron chi connectivity index (χ4n) is 2.02. The van der Waals surface area contributed by atoms with Crippen LogP contribution in [0.25, 0.3) is 0 Å². The van der Waals surface area contributed by atoms with Crippen LogP contribution in [-0.4, -0.2) is 28.1 Å². The van der Waals surface area contributed by atoms with Crippen molar-refractivity contribution in [1.29, 1.82) is 0 Å². The Morgan fingerprint density at radius 2 is 1.75 bits per heavy atom. The number of rotatable bonds is 5. The molecule has 0 unspecified atom stereocenters. The third-order valence-electron chi connectivity index (χ3n) is 3.20. The summed E-state index contributed by atoms with van der Waals surface area (Å²) in [4.78, 5) is 34.5. The molecule has 24 heavy (non-hydrogen) atoms. The van der Waals surface area contributed by atoms with Gasteiger partial charge < -0.3 is 14.9 Å². The van der Waals surface area contributed by atoms with Crippen LogP contribution in [0.15, 0.2) is 42.5 Å². The first-order chi connectivity index (χ1) is 11.4. The van der Waals surface area contributed by atoms with Crippen LogP contribution in [0.2, 0.25) is 0 Å². The van der Waals surface area contributed by atoms with E-state index in [9.17, 15) is 19.5 Å². The zero-order valence-electron chi connectivity index (χ0n) is 12.8. The Morgan fingerprint density at radius 3 is 2.33 bits per heavy atom. The molecule has 124 valence electrons. The molecular formula is C17H15NO6. The average molecular weight is 329 g/mol. The number of carboxylic acid groups (broad SMARTS) is 1. The molecule has 0 spiro atoms. The van der Waals surface area contributed by atoms with Crippen molar-refractivity contribution in [2.24, 2.45) is 0 Å². The van der Waals surface area contributed by atoms with Gasteiger partial charge in [-0.3, -0.25) is 10.1 Å². The zero-order chi connectivity index (χ0) is 17.7. The number of aromatic hydroxyl groups is 1. The summed E-state index contributed by atoms with van der Waals surface area (Å²) in [7, 11) is 0. The molecule has 0 bridgehead atoms. The van der Waals surface area contributed by atoms with E-state index >= 15 is 0 Å². The van der Waals surface area contributed by atoms with E-state index in [4.69, 9.17) is 9.84 Å². The molecule has 0 aliphatic rings. The molecule has 2 rings (SSSR count). The predicted molar refractivity (Wildman–Crippen MR) is 85.8 cm³/mol. The van der Waals surface area contributed by atoms with Gasteiger partial charge in [0, 0.05) is 12.0 Å². The van der Waals surface area contributed by atoms with Gasteiger partial charge in [-0.15, -0.1) is 0 Å². The number of carbonyl (C=O) groups excluding carboxylic acids is 2. The minimum atomic E-state index is -1.38. The lowest BCUT2D eigenvalue weighted by Crippen LogP contribution is -2.18. The first kappa shape index (κ1) is 17.0. The topological polar surface area (TPSA) is 113 Å². The van der Waals surface area contributed by atoms with E-state index in [1.165, 1.54) is 42.5 Å². The monoisotopic (exact) mass is 329 g/mol. The molecule has 0 fully saturated rings. The first-order valence-corrected chi connectivity index (χ1v) is 7.09. The summed E-state index contributed by atoms with van der Waals surface area (Å²) in [6, 6.07) is 9.91. The van der Waals surface area contributed by atoms with Crippen molar-refractivity contribution in [2.75, 3.05) is 5.32 Å². The summed E-state index contributed by atoms with van der Waals surface area (Å²) in [5.41, 5.74) is -0.0185. The number of ketones is 1. The molecule has 7 nitrogen and oxygen atoms in total. The predicted octanol–water partition coefficient (Wildman–Crippen LogP) is 3.29. The van der Waals surface area contributed by atoms with E-state index in [1.807, 2.05) is 0 Å². The van der Waals surface area contributed by atoms with Crippen molar-refractivity contribution >= 4 is 23.5 Å². The van der Waals surface area contributed by atoms with Crippen molar-refractivity contribution < 1.29 is 29.3 Å². The highest BCUT2D eigenvalue weighted by Gasteiger charge is 2.17. The van der Waals surface area contributed by atoms with E-state index in [-0.39, 0.29) is 17.2 Å². The van der Waals surface area contributed by atoms with Gasteiger partial charge in [-0.1, -0.05) is 13.0 Å². The number of aromatic carboxylic acids is 1. The molecule has 0 aromatic heterocycles. The molecule has 2 aromatic rings. The Balaban J connectivity index is 2.10. The SMILES string of the molecule is CCC(=O)c1ccc(OC(=O)Nc2cccc(O)c2C(=O)O)cc1. The van der Waals surface area contributed by atoms with E-state index in [0.717, 1.165) is 0 Å². The quantitative estimate of drug-likeness (QED) is 0.725. The molecule has 7 heteroatoms. The summed E-state index contributed by atoms with van der Waals surface area (Å²) in [5, 5.41) is 20.9. The smallest absolute Gasteiger partial charge is 0.417 e. The van der Waals surface area contributed by atoms with Crippen molar-refractivity contribution in [3.05, 3.63) is 53.6 Å². The van der Waals surface area contributed by atoms with Crippen LogP contribution >= 0.6 is 0 Å². The molecule has 0 atom stereocenters. The number of ether oxygens (including phenoxy) is 1. The van der Waals surface area contributed by atoms with Crippen LogP contribution in [0.3, 0.4) is 0 Å². The highest BCUT2D eigenvalue weighted by atomic mass is 16.6. The summed E-state index contributed by atoms with van der Waals surface area (Å²) in [6.45, 7) is 1.75. The highest BCUT2D eigenvalue weighted by molar-refractivity contribution is 6.01. The Hall–Kier alpha value is -3.35. The lowest BCUT2D eigenvalue weighted by molar-refractivity contribution is 0.0694. The van der Waals surface area contributed by atoms with Crippen LogP contribution in [0.5, 0.6) is 11.5 Å². The minimum Gasteiger partial charge on any atom is -0.507 e. The second kappa shape index (κ2) is 7.28. The molecule has 2 aromatic carbocycles. The molecule has 0 saturated carbocycles. The molecule has 1 amide bonds. The van der Waals surface area contributed by atoms with Crippen molar-refractivity contribution in [2.45, 2.75) is 13.3 Å².